The van der Waals surface area contributed by atoms with Crippen molar-refractivity contribution >= 4 is 5.97 Å². The van der Waals surface area contributed by atoms with Crippen LogP contribution in [0.1, 0.15) is 20.3 Å². The first kappa shape index (κ1) is 11.4. The van der Waals surface area contributed by atoms with Crippen LogP contribution in [0, 0.1) is 0 Å². The lowest BCUT2D eigenvalue weighted by Crippen LogP contribution is -2.47. The fourth-order valence-electron chi connectivity index (χ4n) is 0.742. The van der Waals surface area contributed by atoms with Crippen molar-refractivity contribution in [3.8, 4) is 0 Å². The second-order valence-electron chi connectivity index (χ2n) is 3.31. The summed E-state index contributed by atoms with van der Waals surface area (Å²) in [5.41, 5.74) is -0.812. The van der Waals surface area contributed by atoms with E-state index in [-0.39, 0.29) is 0 Å². The van der Waals surface area contributed by atoms with Gasteiger partial charge in [0.1, 0.15) is 5.54 Å². The smallest absolute Gasteiger partial charge is 0.323 e. The molecule has 0 bridgehead atoms. The van der Waals surface area contributed by atoms with Gasteiger partial charge in [0.25, 0.3) is 0 Å². The van der Waals surface area contributed by atoms with Gasteiger partial charge < -0.3 is 15.7 Å². The zero-order chi connectivity index (χ0) is 9.61. The molecule has 0 radical (unpaired) electrons. The van der Waals surface area contributed by atoms with Crippen LogP contribution < -0.4 is 10.6 Å². The van der Waals surface area contributed by atoms with Gasteiger partial charge in [-0.15, -0.1) is 0 Å². The first-order valence-corrected chi connectivity index (χ1v) is 4.13. The molecule has 0 aliphatic heterocycles. The molecule has 0 aromatic rings. The van der Waals surface area contributed by atoms with E-state index in [0.717, 1.165) is 19.5 Å². The Bertz CT molecular complexity index is 146. The zero-order valence-corrected chi connectivity index (χ0v) is 7.98. The highest BCUT2D eigenvalue weighted by Crippen LogP contribution is 2.00. The maximum Gasteiger partial charge on any atom is 0.323 e. The molecule has 4 heteroatoms. The molecule has 0 saturated carbocycles. The van der Waals surface area contributed by atoms with Gasteiger partial charge in [0.2, 0.25) is 0 Å². The summed E-state index contributed by atoms with van der Waals surface area (Å²) in [6, 6.07) is 0. The lowest BCUT2D eigenvalue weighted by Gasteiger charge is -2.20. The summed E-state index contributed by atoms with van der Waals surface area (Å²) in [7, 11) is 1.88. The molecule has 0 rings (SSSR count). The molecule has 0 fully saturated rings. The van der Waals surface area contributed by atoms with Crippen LogP contribution in [0.4, 0.5) is 0 Å². The van der Waals surface area contributed by atoms with Crippen LogP contribution in [0.3, 0.4) is 0 Å². The average Bonchev–Trinajstić information content (AvgIpc) is 1.98. The molecule has 3 N–H and O–H groups in total. The van der Waals surface area contributed by atoms with Gasteiger partial charge in [0.15, 0.2) is 0 Å². The quantitative estimate of drug-likeness (QED) is 0.498. The number of hydrogen-bond donors (Lipinski definition) is 3. The van der Waals surface area contributed by atoms with Gasteiger partial charge in [-0.25, -0.2) is 0 Å². The molecule has 0 aromatic heterocycles. The van der Waals surface area contributed by atoms with Gasteiger partial charge in [-0.3, -0.25) is 4.79 Å². The molecular weight excluding hydrogens is 156 g/mol. The summed E-state index contributed by atoms with van der Waals surface area (Å²) in [6.07, 6.45) is 0.938. The van der Waals surface area contributed by atoms with E-state index >= 15 is 0 Å². The Kier molecular flexibility index (Phi) is 4.85. The second kappa shape index (κ2) is 5.11. The van der Waals surface area contributed by atoms with Gasteiger partial charge in [0.05, 0.1) is 0 Å². The third-order valence-electron chi connectivity index (χ3n) is 1.71. The molecule has 72 valence electrons. The summed E-state index contributed by atoms with van der Waals surface area (Å²) in [5, 5.41) is 14.7. The SMILES string of the molecule is CNCCCNC(C)(C)C(=O)O. The fourth-order valence-corrected chi connectivity index (χ4v) is 0.742. The molecule has 0 aromatic carbocycles. The van der Waals surface area contributed by atoms with Crippen LogP contribution in [0.2, 0.25) is 0 Å². The van der Waals surface area contributed by atoms with Gasteiger partial charge >= 0.3 is 5.97 Å². The Balaban J connectivity index is 3.54. The minimum atomic E-state index is -0.813. The number of hydrogen-bond acceptors (Lipinski definition) is 3. The van der Waals surface area contributed by atoms with E-state index in [1.54, 1.807) is 13.8 Å². The number of aliphatic carboxylic acids is 1. The molecule has 0 aliphatic carbocycles. The summed E-state index contributed by atoms with van der Waals surface area (Å²) < 4.78 is 0. The zero-order valence-electron chi connectivity index (χ0n) is 7.98. The maximum absolute atomic E-state index is 10.6. The van der Waals surface area contributed by atoms with Crippen molar-refractivity contribution in [2.75, 3.05) is 20.1 Å². The third kappa shape index (κ3) is 4.31. The summed E-state index contributed by atoms with van der Waals surface area (Å²) in [5.74, 6) is -0.813. The van der Waals surface area contributed by atoms with Gasteiger partial charge in [0, 0.05) is 0 Å². The third-order valence-corrected chi connectivity index (χ3v) is 1.71. The van der Waals surface area contributed by atoms with Gasteiger partial charge in [-0.05, 0) is 40.4 Å². The molecule has 0 aliphatic rings. The maximum atomic E-state index is 10.6. The average molecular weight is 174 g/mol. The van der Waals surface area contributed by atoms with E-state index in [2.05, 4.69) is 10.6 Å². The molecule has 0 heterocycles. The number of nitrogens with one attached hydrogen (secondary N) is 2. The number of carbonyl (C=O) groups is 1. The summed E-state index contributed by atoms with van der Waals surface area (Å²) >= 11 is 0. The van der Waals surface area contributed by atoms with E-state index < -0.39 is 11.5 Å². The van der Waals surface area contributed by atoms with E-state index in [9.17, 15) is 4.79 Å². The Morgan fingerprint density at radius 3 is 2.42 bits per heavy atom. The van der Waals surface area contributed by atoms with Crippen LogP contribution >= 0.6 is 0 Å². The normalized spacial score (nSPS) is 11.6. The highest BCUT2D eigenvalue weighted by molar-refractivity contribution is 5.77. The number of rotatable bonds is 6. The molecule has 12 heavy (non-hydrogen) atoms. The Morgan fingerprint density at radius 2 is 2.00 bits per heavy atom. The van der Waals surface area contributed by atoms with Crippen molar-refractivity contribution in [1.82, 2.24) is 10.6 Å². The molecule has 0 unspecified atom stereocenters. The second-order valence-corrected chi connectivity index (χ2v) is 3.31. The van der Waals surface area contributed by atoms with Gasteiger partial charge in [-0.1, -0.05) is 0 Å². The highest BCUT2D eigenvalue weighted by atomic mass is 16.4. The van der Waals surface area contributed by atoms with Crippen LogP contribution in [0.25, 0.3) is 0 Å². The summed E-state index contributed by atoms with van der Waals surface area (Å²) in [4.78, 5) is 10.6. The van der Waals surface area contributed by atoms with Crippen LogP contribution in [-0.2, 0) is 4.79 Å². The Hall–Kier alpha value is -0.610. The van der Waals surface area contributed by atoms with Crippen LogP contribution in [0.15, 0.2) is 0 Å². The predicted molar refractivity (Wildman–Crippen MR) is 48.3 cm³/mol. The van der Waals surface area contributed by atoms with E-state index in [1.165, 1.54) is 0 Å². The molecule has 0 saturated heterocycles. The fraction of sp³-hybridized carbons (Fsp3) is 0.875. The first-order valence-electron chi connectivity index (χ1n) is 4.13. The molecule has 4 nitrogen and oxygen atoms in total. The highest BCUT2D eigenvalue weighted by Gasteiger charge is 2.25. The lowest BCUT2D eigenvalue weighted by molar-refractivity contribution is -0.143. The van der Waals surface area contributed by atoms with E-state index in [0.29, 0.717) is 0 Å². The standard InChI is InChI=1S/C8H18N2O2/c1-8(2,7(11)12)10-6-4-5-9-3/h9-10H,4-6H2,1-3H3,(H,11,12). The van der Waals surface area contributed by atoms with Crippen LogP contribution in [-0.4, -0.2) is 36.8 Å². The van der Waals surface area contributed by atoms with Crippen LogP contribution in [0.5, 0.6) is 0 Å². The van der Waals surface area contributed by atoms with E-state index in [4.69, 9.17) is 5.11 Å². The first-order chi connectivity index (χ1) is 5.50. The number of carboxylic acids is 1. The monoisotopic (exact) mass is 174 g/mol. The van der Waals surface area contributed by atoms with E-state index in [1.807, 2.05) is 7.05 Å². The largest absolute Gasteiger partial charge is 0.480 e. The predicted octanol–water partition coefficient (Wildman–Crippen LogP) is 0.0487. The minimum absolute atomic E-state index is 0.722. The molecule has 0 spiro atoms. The van der Waals surface area contributed by atoms with Crippen molar-refractivity contribution in [2.45, 2.75) is 25.8 Å². The molecule has 0 amide bonds. The lowest BCUT2D eigenvalue weighted by atomic mass is 10.1. The molecular formula is C8H18N2O2. The Labute approximate surface area is 73.3 Å². The molecule has 0 atom stereocenters. The minimum Gasteiger partial charge on any atom is -0.480 e. The Morgan fingerprint density at radius 1 is 1.42 bits per heavy atom. The van der Waals surface area contributed by atoms with Crippen molar-refractivity contribution in [3.05, 3.63) is 0 Å². The van der Waals surface area contributed by atoms with Crippen molar-refractivity contribution in [2.24, 2.45) is 0 Å². The number of carboxylic acid groups (broad SMARTS) is 1. The topological polar surface area (TPSA) is 61.4 Å². The van der Waals surface area contributed by atoms with Crippen molar-refractivity contribution in [3.63, 3.8) is 0 Å². The van der Waals surface area contributed by atoms with Crippen molar-refractivity contribution < 1.29 is 9.90 Å². The summed E-state index contributed by atoms with van der Waals surface area (Å²) in [6.45, 7) is 4.95. The van der Waals surface area contributed by atoms with Crippen molar-refractivity contribution in [1.29, 1.82) is 0 Å². The van der Waals surface area contributed by atoms with Gasteiger partial charge in [-0.2, -0.15) is 0 Å².